The van der Waals surface area contributed by atoms with Crippen molar-refractivity contribution >= 4 is 27.5 Å². The van der Waals surface area contributed by atoms with E-state index in [0.29, 0.717) is 27.8 Å². The highest BCUT2D eigenvalue weighted by Gasteiger charge is 2.23. The number of amides is 1. The number of rotatable bonds is 9. The third-order valence-electron chi connectivity index (χ3n) is 4.15. The van der Waals surface area contributed by atoms with Gasteiger partial charge in [-0.15, -0.1) is 0 Å². The van der Waals surface area contributed by atoms with Gasteiger partial charge in [-0.2, -0.15) is 4.31 Å². The molecule has 0 saturated heterocycles. The van der Waals surface area contributed by atoms with Gasteiger partial charge in [0, 0.05) is 24.2 Å². The molecule has 2 rings (SSSR count). The molecule has 0 atom stereocenters. The second-order valence-electron chi connectivity index (χ2n) is 5.99. The zero-order valence-corrected chi connectivity index (χ0v) is 18.1. The van der Waals surface area contributed by atoms with Gasteiger partial charge >= 0.3 is 0 Å². The van der Waals surface area contributed by atoms with Crippen LogP contribution in [0.25, 0.3) is 0 Å². The number of benzene rings is 2. The molecule has 0 aliphatic carbocycles. The number of nitrogens with zero attached hydrogens (tertiary/aromatic N) is 1. The van der Waals surface area contributed by atoms with E-state index >= 15 is 0 Å². The average molecular weight is 443 g/mol. The Morgan fingerprint density at radius 1 is 1.00 bits per heavy atom. The minimum absolute atomic E-state index is 0.0544. The van der Waals surface area contributed by atoms with Gasteiger partial charge in [0.1, 0.15) is 0 Å². The van der Waals surface area contributed by atoms with Gasteiger partial charge in [-0.05, 0) is 36.4 Å². The smallest absolute Gasteiger partial charge is 0.243 e. The molecule has 2 aromatic carbocycles. The Bertz CT molecular complexity index is 963. The third-order valence-corrected chi connectivity index (χ3v) is 6.22. The first-order valence-electron chi connectivity index (χ1n) is 8.51. The largest absolute Gasteiger partial charge is 0.493 e. The summed E-state index contributed by atoms with van der Waals surface area (Å²) in [5, 5.41) is 3.11. The Morgan fingerprint density at radius 2 is 1.62 bits per heavy atom. The fraction of sp³-hybridized carbons (Fsp3) is 0.316. The van der Waals surface area contributed by atoms with Crippen LogP contribution in [0, 0.1) is 0 Å². The Balaban J connectivity index is 2.07. The van der Waals surface area contributed by atoms with E-state index in [1.807, 2.05) is 0 Å². The van der Waals surface area contributed by atoms with Gasteiger partial charge in [0.25, 0.3) is 0 Å². The van der Waals surface area contributed by atoms with Gasteiger partial charge in [-0.25, -0.2) is 8.42 Å². The number of ether oxygens (including phenoxy) is 3. The van der Waals surface area contributed by atoms with Crippen LogP contribution < -0.4 is 19.5 Å². The Kier molecular flexibility index (Phi) is 7.72. The van der Waals surface area contributed by atoms with E-state index in [2.05, 4.69) is 5.32 Å². The number of sulfonamides is 1. The quantitative estimate of drug-likeness (QED) is 0.640. The highest BCUT2D eigenvalue weighted by Crippen LogP contribution is 2.39. The van der Waals surface area contributed by atoms with Gasteiger partial charge < -0.3 is 19.5 Å². The summed E-state index contributed by atoms with van der Waals surface area (Å²) in [5.41, 5.74) is 0.654. The molecule has 0 saturated carbocycles. The molecular weight excluding hydrogens is 420 g/mol. The number of carbonyl (C=O) groups excluding carboxylic acids is 1. The first-order valence-corrected chi connectivity index (χ1v) is 10.3. The fourth-order valence-electron chi connectivity index (χ4n) is 2.63. The van der Waals surface area contributed by atoms with Crippen molar-refractivity contribution in [1.29, 1.82) is 0 Å². The molecule has 0 heterocycles. The highest BCUT2D eigenvalue weighted by atomic mass is 35.5. The van der Waals surface area contributed by atoms with Crippen molar-refractivity contribution in [3.63, 3.8) is 0 Å². The molecule has 0 aliphatic heterocycles. The first-order chi connectivity index (χ1) is 13.7. The van der Waals surface area contributed by atoms with E-state index in [4.69, 9.17) is 25.8 Å². The van der Waals surface area contributed by atoms with Crippen molar-refractivity contribution in [2.45, 2.75) is 11.4 Å². The summed E-state index contributed by atoms with van der Waals surface area (Å²) in [6, 6.07) is 9.16. The van der Waals surface area contributed by atoms with Crippen LogP contribution in [-0.2, 0) is 21.4 Å². The summed E-state index contributed by atoms with van der Waals surface area (Å²) >= 11 is 5.79. The lowest BCUT2D eigenvalue weighted by Gasteiger charge is -2.18. The average Bonchev–Trinajstić information content (AvgIpc) is 2.71. The van der Waals surface area contributed by atoms with Crippen LogP contribution in [0.3, 0.4) is 0 Å². The normalized spacial score (nSPS) is 11.2. The van der Waals surface area contributed by atoms with Crippen molar-refractivity contribution in [2.24, 2.45) is 0 Å². The van der Waals surface area contributed by atoms with Gasteiger partial charge in [0.15, 0.2) is 11.5 Å². The summed E-state index contributed by atoms with van der Waals surface area (Å²) < 4.78 is 42.0. The molecule has 0 aromatic heterocycles. The third kappa shape index (κ3) is 5.31. The van der Waals surface area contributed by atoms with E-state index in [0.717, 1.165) is 4.31 Å². The molecule has 0 radical (unpaired) electrons. The summed E-state index contributed by atoms with van der Waals surface area (Å²) in [6.07, 6.45) is 0. The van der Waals surface area contributed by atoms with Crippen LogP contribution >= 0.6 is 11.6 Å². The fourth-order valence-corrected chi connectivity index (χ4v) is 3.88. The Labute approximate surface area is 175 Å². The highest BCUT2D eigenvalue weighted by molar-refractivity contribution is 7.89. The lowest BCUT2D eigenvalue weighted by molar-refractivity contribution is -0.121. The number of hydrogen-bond donors (Lipinski definition) is 1. The summed E-state index contributed by atoms with van der Waals surface area (Å²) in [4.78, 5) is 12.4. The predicted molar refractivity (Wildman–Crippen MR) is 109 cm³/mol. The number of nitrogens with one attached hydrogen (secondary N) is 1. The summed E-state index contributed by atoms with van der Waals surface area (Å²) in [7, 11) is 2.00. The summed E-state index contributed by atoms with van der Waals surface area (Å²) in [6.45, 7) is -0.224. The molecule has 8 nitrogen and oxygen atoms in total. The molecule has 0 bridgehead atoms. The van der Waals surface area contributed by atoms with Crippen LogP contribution in [0.1, 0.15) is 5.56 Å². The monoisotopic (exact) mass is 442 g/mol. The van der Waals surface area contributed by atoms with Crippen molar-refractivity contribution in [3.05, 3.63) is 47.0 Å². The maximum atomic E-state index is 12.6. The Hall–Kier alpha value is -2.49. The SMILES string of the molecule is COc1ccc(CNC(=O)CN(C)S(=O)(=O)c2ccc(Cl)cc2)c(OC)c1OC. The zero-order chi connectivity index (χ0) is 21.6. The van der Waals surface area contributed by atoms with E-state index in [9.17, 15) is 13.2 Å². The van der Waals surface area contributed by atoms with Gasteiger partial charge in [0.2, 0.25) is 21.7 Å². The van der Waals surface area contributed by atoms with E-state index in [1.54, 1.807) is 12.1 Å². The minimum Gasteiger partial charge on any atom is -0.493 e. The lowest BCUT2D eigenvalue weighted by atomic mass is 10.1. The number of halogens is 1. The number of hydrogen-bond acceptors (Lipinski definition) is 6. The molecule has 29 heavy (non-hydrogen) atoms. The molecule has 2 aromatic rings. The molecule has 0 spiro atoms. The topological polar surface area (TPSA) is 94.2 Å². The first kappa shape index (κ1) is 22.8. The lowest BCUT2D eigenvalue weighted by Crippen LogP contribution is -2.38. The number of likely N-dealkylation sites (N-methyl/N-ethyl adjacent to an activating group) is 1. The van der Waals surface area contributed by atoms with Crippen molar-refractivity contribution in [3.8, 4) is 17.2 Å². The number of carbonyl (C=O) groups is 1. The molecular formula is C19H23ClN2O6S. The van der Waals surface area contributed by atoms with E-state index in [1.165, 1.54) is 52.6 Å². The molecule has 1 amide bonds. The van der Waals surface area contributed by atoms with Crippen LogP contribution in [0.2, 0.25) is 5.02 Å². The van der Waals surface area contributed by atoms with Crippen molar-refractivity contribution in [1.82, 2.24) is 9.62 Å². The zero-order valence-electron chi connectivity index (χ0n) is 16.6. The van der Waals surface area contributed by atoms with Crippen LogP contribution in [0.5, 0.6) is 17.2 Å². The molecule has 158 valence electrons. The second kappa shape index (κ2) is 9.82. The van der Waals surface area contributed by atoms with Gasteiger partial charge in [0.05, 0.1) is 32.8 Å². The maximum Gasteiger partial charge on any atom is 0.243 e. The van der Waals surface area contributed by atoms with Crippen LogP contribution in [-0.4, -0.2) is 53.6 Å². The maximum absolute atomic E-state index is 12.6. The van der Waals surface area contributed by atoms with Crippen LogP contribution in [0.4, 0.5) is 0 Å². The van der Waals surface area contributed by atoms with Gasteiger partial charge in [-0.3, -0.25) is 4.79 Å². The molecule has 0 unspecified atom stereocenters. The Morgan fingerprint density at radius 3 is 2.17 bits per heavy atom. The molecule has 0 fully saturated rings. The molecule has 10 heteroatoms. The van der Waals surface area contributed by atoms with E-state index < -0.39 is 15.9 Å². The van der Waals surface area contributed by atoms with Crippen molar-refractivity contribution in [2.75, 3.05) is 34.9 Å². The minimum atomic E-state index is -3.81. The summed E-state index contributed by atoms with van der Waals surface area (Å²) in [5.74, 6) is 0.855. The van der Waals surface area contributed by atoms with Crippen molar-refractivity contribution < 1.29 is 27.4 Å². The molecule has 1 N–H and O–H groups in total. The second-order valence-corrected chi connectivity index (χ2v) is 8.47. The van der Waals surface area contributed by atoms with Crippen LogP contribution in [0.15, 0.2) is 41.3 Å². The number of methoxy groups -OCH3 is 3. The standard InChI is InChI=1S/C19H23ClN2O6S/c1-22(29(24,25)15-8-6-14(20)7-9-15)12-17(23)21-11-13-5-10-16(26-2)19(28-4)18(13)27-3/h5-10H,11-12H2,1-4H3,(H,21,23). The van der Waals surface area contributed by atoms with E-state index in [-0.39, 0.29) is 18.0 Å². The predicted octanol–water partition coefficient (Wildman–Crippen LogP) is 2.30. The molecule has 0 aliphatic rings. The van der Waals surface area contributed by atoms with Gasteiger partial charge in [-0.1, -0.05) is 11.6 Å².